The molecule has 2 aliphatic carbocycles. The van der Waals surface area contributed by atoms with Gasteiger partial charge < -0.3 is 9.32 Å². The van der Waals surface area contributed by atoms with Crippen molar-refractivity contribution >= 4 is 5.91 Å². The molecule has 144 valence electrons. The molecule has 2 unspecified atom stereocenters. The summed E-state index contributed by atoms with van der Waals surface area (Å²) in [5.74, 6) is 3.17. The minimum atomic E-state index is -0.258. The van der Waals surface area contributed by atoms with Crippen molar-refractivity contribution in [1.29, 1.82) is 0 Å². The first-order valence-electron chi connectivity index (χ1n) is 9.80. The molecule has 2 saturated carbocycles. The Morgan fingerprint density at radius 2 is 1.85 bits per heavy atom. The van der Waals surface area contributed by atoms with E-state index >= 15 is 0 Å². The summed E-state index contributed by atoms with van der Waals surface area (Å²) in [4.78, 5) is 16.6. The summed E-state index contributed by atoms with van der Waals surface area (Å²) in [6.45, 7) is 3.81. The van der Waals surface area contributed by atoms with Crippen molar-refractivity contribution in [2.24, 2.45) is 5.92 Å². The van der Waals surface area contributed by atoms with Crippen LogP contribution in [0.1, 0.15) is 49.2 Å². The Balaban J connectivity index is 1.34. The van der Waals surface area contributed by atoms with E-state index in [0.29, 0.717) is 31.6 Å². The van der Waals surface area contributed by atoms with Gasteiger partial charge in [-0.2, -0.15) is 0 Å². The Kier molecular flexibility index (Phi) is 5.04. The maximum Gasteiger partial charge on any atom is 0.236 e. The van der Waals surface area contributed by atoms with E-state index in [-0.39, 0.29) is 11.7 Å². The normalized spacial score (nSPS) is 21.5. The second-order valence-electron chi connectivity index (χ2n) is 8.14. The highest BCUT2D eigenvalue weighted by Crippen LogP contribution is 2.47. The lowest BCUT2D eigenvalue weighted by atomic mass is 10.2. The molecule has 1 amide bonds. The number of furan rings is 1. The zero-order valence-electron chi connectivity index (χ0n) is 16.0. The number of hydrogen-bond acceptors (Lipinski definition) is 3. The standard InChI is InChI=1S/C22H27FN2O2/c1-15-11-20(15)21-10-9-19(27-21)13-25(18-7-8-18)14-22(26)24(2)12-16-3-5-17(23)6-4-16/h3-6,9-10,15,18,20H,7-8,11-14H2,1-2H3. The number of likely N-dealkylation sites (N-methyl/N-ethyl adjacent to an activating group) is 1. The molecule has 0 radical (unpaired) electrons. The lowest BCUT2D eigenvalue weighted by Gasteiger charge is -2.24. The van der Waals surface area contributed by atoms with Crippen LogP contribution in [0, 0.1) is 11.7 Å². The van der Waals surface area contributed by atoms with Crippen LogP contribution in [0.4, 0.5) is 4.39 Å². The van der Waals surface area contributed by atoms with E-state index in [1.54, 1.807) is 24.1 Å². The molecule has 1 aromatic heterocycles. The third-order valence-electron chi connectivity index (χ3n) is 5.68. The number of carbonyl (C=O) groups is 1. The summed E-state index contributed by atoms with van der Waals surface area (Å²) in [5.41, 5.74) is 0.930. The van der Waals surface area contributed by atoms with Crippen LogP contribution < -0.4 is 0 Å². The molecule has 4 rings (SSSR count). The van der Waals surface area contributed by atoms with Gasteiger partial charge >= 0.3 is 0 Å². The van der Waals surface area contributed by atoms with Crippen LogP contribution in [0.5, 0.6) is 0 Å². The van der Waals surface area contributed by atoms with Crippen molar-refractivity contribution in [2.45, 2.75) is 51.2 Å². The fraction of sp³-hybridized carbons (Fsp3) is 0.500. The molecule has 1 aromatic carbocycles. The second-order valence-corrected chi connectivity index (χ2v) is 8.14. The fourth-order valence-corrected chi connectivity index (χ4v) is 3.60. The largest absolute Gasteiger partial charge is 0.464 e. The van der Waals surface area contributed by atoms with E-state index in [0.717, 1.165) is 35.8 Å². The molecule has 5 heteroatoms. The lowest BCUT2D eigenvalue weighted by Crippen LogP contribution is -2.38. The Labute approximate surface area is 159 Å². The smallest absolute Gasteiger partial charge is 0.236 e. The number of halogens is 1. The zero-order valence-corrected chi connectivity index (χ0v) is 16.0. The molecule has 27 heavy (non-hydrogen) atoms. The Morgan fingerprint density at radius 1 is 1.15 bits per heavy atom. The molecule has 0 spiro atoms. The van der Waals surface area contributed by atoms with Crippen molar-refractivity contribution in [3.05, 3.63) is 59.3 Å². The molecular weight excluding hydrogens is 343 g/mol. The Hall–Kier alpha value is -2.14. The Morgan fingerprint density at radius 3 is 2.48 bits per heavy atom. The van der Waals surface area contributed by atoms with Crippen LogP contribution in [-0.2, 0) is 17.9 Å². The lowest BCUT2D eigenvalue weighted by molar-refractivity contribution is -0.132. The SMILES string of the molecule is CC1CC1c1ccc(CN(CC(=O)N(C)Cc2ccc(F)cc2)C2CC2)o1. The van der Waals surface area contributed by atoms with Crippen molar-refractivity contribution in [2.75, 3.05) is 13.6 Å². The van der Waals surface area contributed by atoms with Gasteiger partial charge in [0.1, 0.15) is 17.3 Å². The van der Waals surface area contributed by atoms with Crippen molar-refractivity contribution < 1.29 is 13.6 Å². The predicted octanol–water partition coefficient (Wildman–Crippen LogP) is 4.17. The topological polar surface area (TPSA) is 36.7 Å². The predicted molar refractivity (Wildman–Crippen MR) is 102 cm³/mol. The van der Waals surface area contributed by atoms with Gasteiger partial charge in [-0.3, -0.25) is 9.69 Å². The zero-order chi connectivity index (χ0) is 19.0. The minimum Gasteiger partial charge on any atom is -0.464 e. The molecule has 2 fully saturated rings. The monoisotopic (exact) mass is 370 g/mol. The molecule has 0 N–H and O–H groups in total. The van der Waals surface area contributed by atoms with E-state index in [9.17, 15) is 9.18 Å². The van der Waals surface area contributed by atoms with Gasteiger partial charge in [0.25, 0.3) is 0 Å². The Bertz CT molecular complexity index is 797. The van der Waals surface area contributed by atoms with E-state index in [1.165, 1.54) is 18.6 Å². The first-order chi connectivity index (χ1) is 13.0. The van der Waals surface area contributed by atoms with Gasteiger partial charge in [-0.15, -0.1) is 0 Å². The molecule has 0 bridgehead atoms. The number of rotatable bonds is 8. The number of nitrogens with zero attached hydrogens (tertiary/aromatic N) is 2. The molecular formula is C22H27FN2O2. The summed E-state index contributed by atoms with van der Waals surface area (Å²) in [6, 6.07) is 10.9. The average molecular weight is 370 g/mol. The van der Waals surface area contributed by atoms with E-state index in [2.05, 4.69) is 24.0 Å². The van der Waals surface area contributed by atoms with Gasteiger partial charge in [-0.05, 0) is 55.0 Å². The molecule has 0 aliphatic heterocycles. The van der Waals surface area contributed by atoms with Crippen LogP contribution in [-0.4, -0.2) is 35.3 Å². The van der Waals surface area contributed by atoms with E-state index in [1.807, 2.05) is 0 Å². The molecule has 2 aliphatic rings. The van der Waals surface area contributed by atoms with Crippen molar-refractivity contribution in [3.63, 3.8) is 0 Å². The summed E-state index contributed by atoms with van der Waals surface area (Å²) in [7, 11) is 1.80. The average Bonchev–Trinajstić information content (AvgIpc) is 3.56. The fourth-order valence-electron chi connectivity index (χ4n) is 3.60. The van der Waals surface area contributed by atoms with Gasteiger partial charge in [0.2, 0.25) is 5.91 Å². The summed E-state index contributed by atoms with van der Waals surface area (Å²) >= 11 is 0. The number of benzene rings is 1. The van der Waals surface area contributed by atoms with Crippen molar-refractivity contribution in [3.8, 4) is 0 Å². The first-order valence-corrected chi connectivity index (χ1v) is 9.80. The molecule has 2 atom stereocenters. The van der Waals surface area contributed by atoms with Crippen LogP contribution in [0.2, 0.25) is 0 Å². The third-order valence-corrected chi connectivity index (χ3v) is 5.68. The number of amides is 1. The van der Waals surface area contributed by atoms with Gasteiger partial charge in [0, 0.05) is 25.6 Å². The molecule has 0 saturated heterocycles. The summed E-state index contributed by atoms with van der Waals surface area (Å²) in [5, 5.41) is 0. The van der Waals surface area contributed by atoms with Crippen LogP contribution in [0.3, 0.4) is 0 Å². The summed E-state index contributed by atoms with van der Waals surface area (Å²) < 4.78 is 19.1. The molecule has 1 heterocycles. The maximum absolute atomic E-state index is 13.0. The second kappa shape index (κ2) is 7.47. The van der Waals surface area contributed by atoms with Crippen LogP contribution in [0.25, 0.3) is 0 Å². The maximum atomic E-state index is 13.0. The van der Waals surface area contributed by atoms with Crippen LogP contribution in [0.15, 0.2) is 40.8 Å². The van der Waals surface area contributed by atoms with Gasteiger partial charge in [-0.25, -0.2) is 4.39 Å². The third kappa shape index (κ3) is 4.59. The van der Waals surface area contributed by atoms with Crippen molar-refractivity contribution in [1.82, 2.24) is 9.80 Å². The number of carbonyl (C=O) groups excluding carboxylic acids is 1. The van der Waals surface area contributed by atoms with Gasteiger partial charge in [-0.1, -0.05) is 19.1 Å². The molecule has 2 aromatic rings. The first kappa shape index (κ1) is 18.2. The van der Waals surface area contributed by atoms with Gasteiger partial charge in [0.05, 0.1) is 13.1 Å². The number of hydrogen-bond donors (Lipinski definition) is 0. The molecule has 4 nitrogen and oxygen atoms in total. The highest BCUT2D eigenvalue weighted by atomic mass is 19.1. The van der Waals surface area contributed by atoms with E-state index in [4.69, 9.17) is 4.42 Å². The summed E-state index contributed by atoms with van der Waals surface area (Å²) in [6.07, 6.45) is 3.50. The van der Waals surface area contributed by atoms with E-state index < -0.39 is 0 Å². The quantitative estimate of drug-likeness (QED) is 0.700. The highest BCUT2D eigenvalue weighted by Gasteiger charge is 2.37. The highest BCUT2D eigenvalue weighted by molar-refractivity contribution is 5.78. The van der Waals surface area contributed by atoms with Gasteiger partial charge in [0.15, 0.2) is 0 Å². The minimum absolute atomic E-state index is 0.0776. The van der Waals surface area contributed by atoms with Crippen LogP contribution >= 0.6 is 0 Å².